The number of furan rings is 1. The Morgan fingerprint density at radius 3 is 2.50 bits per heavy atom. The highest BCUT2D eigenvalue weighted by Gasteiger charge is 2.27. The van der Waals surface area contributed by atoms with Gasteiger partial charge in [0.15, 0.2) is 0 Å². The fraction of sp³-hybridized carbons (Fsp3) is 0.231. The van der Waals surface area contributed by atoms with E-state index in [1.807, 2.05) is 18.2 Å². The summed E-state index contributed by atoms with van der Waals surface area (Å²) < 4.78 is 5.40. The topological polar surface area (TPSA) is 37.2 Å². The predicted octanol–water partition coefficient (Wildman–Crippen LogP) is 2.56. The Bertz CT molecular complexity index is 438. The van der Waals surface area contributed by atoms with Crippen LogP contribution in [-0.4, -0.2) is 0 Å². The van der Waals surface area contributed by atoms with Crippen LogP contribution in [0.2, 0.25) is 0 Å². The standard InChI is InChI=1S/C13H14N2O/c1-2-5-10(6-3-1)11-9-12(15-14-11)13-7-4-8-16-13/h1-8,11-12,14-15H,9H2. The SMILES string of the molecule is c1ccc(C2CC(c3ccco3)NN2)cc1. The Labute approximate surface area is 94.4 Å². The van der Waals surface area contributed by atoms with Crippen molar-refractivity contribution >= 4 is 0 Å². The zero-order chi connectivity index (χ0) is 10.8. The molecule has 16 heavy (non-hydrogen) atoms. The quantitative estimate of drug-likeness (QED) is 0.806. The number of benzene rings is 1. The first-order valence-electron chi connectivity index (χ1n) is 5.53. The van der Waals surface area contributed by atoms with Crippen molar-refractivity contribution in [2.45, 2.75) is 18.5 Å². The molecule has 2 aromatic rings. The van der Waals surface area contributed by atoms with E-state index in [0.717, 1.165) is 12.2 Å². The van der Waals surface area contributed by atoms with Crippen LogP contribution in [0.1, 0.15) is 29.8 Å². The fourth-order valence-electron chi connectivity index (χ4n) is 2.14. The van der Waals surface area contributed by atoms with Gasteiger partial charge in [-0.2, -0.15) is 0 Å². The lowest BCUT2D eigenvalue weighted by Gasteiger charge is -2.08. The van der Waals surface area contributed by atoms with Gasteiger partial charge >= 0.3 is 0 Å². The molecule has 1 fully saturated rings. The molecule has 0 saturated carbocycles. The van der Waals surface area contributed by atoms with E-state index in [-0.39, 0.29) is 6.04 Å². The first-order chi connectivity index (χ1) is 7.93. The Balaban J connectivity index is 1.74. The Morgan fingerprint density at radius 2 is 1.75 bits per heavy atom. The molecule has 1 aliphatic heterocycles. The highest BCUT2D eigenvalue weighted by molar-refractivity contribution is 5.21. The molecule has 2 atom stereocenters. The first-order valence-corrected chi connectivity index (χ1v) is 5.53. The van der Waals surface area contributed by atoms with Gasteiger partial charge in [0.2, 0.25) is 0 Å². The van der Waals surface area contributed by atoms with Gasteiger partial charge in [0.05, 0.1) is 12.3 Å². The smallest absolute Gasteiger partial charge is 0.122 e. The van der Waals surface area contributed by atoms with Gasteiger partial charge in [-0.1, -0.05) is 30.3 Å². The lowest BCUT2D eigenvalue weighted by Crippen LogP contribution is -2.26. The minimum absolute atomic E-state index is 0.264. The van der Waals surface area contributed by atoms with Crippen LogP contribution in [0.15, 0.2) is 53.1 Å². The number of hydrogen-bond acceptors (Lipinski definition) is 3. The average molecular weight is 214 g/mol. The highest BCUT2D eigenvalue weighted by atomic mass is 16.3. The molecule has 1 aromatic heterocycles. The Hall–Kier alpha value is -1.58. The van der Waals surface area contributed by atoms with Gasteiger partial charge in [-0.3, -0.25) is 0 Å². The molecule has 0 amide bonds. The minimum atomic E-state index is 0.264. The van der Waals surface area contributed by atoms with Crippen LogP contribution in [0, 0.1) is 0 Å². The second-order valence-corrected chi connectivity index (χ2v) is 4.06. The molecule has 2 heterocycles. The van der Waals surface area contributed by atoms with E-state index in [4.69, 9.17) is 4.42 Å². The van der Waals surface area contributed by atoms with Gasteiger partial charge < -0.3 is 4.42 Å². The Morgan fingerprint density at radius 1 is 0.938 bits per heavy atom. The normalized spacial score (nSPS) is 24.8. The average Bonchev–Trinajstić information content (AvgIpc) is 3.01. The first kappa shape index (κ1) is 9.63. The van der Waals surface area contributed by atoms with E-state index in [1.165, 1.54) is 5.56 Å². The van der Waals surface area contributed by atoms with Crippen molar-refractivity contribution in [3.8, 4) is 0 Å². The molecule has 1 aliphatic rings. The molecule has 0 bridgehead atoms. The predicted molar refractivity (Wildman–Crippen MR) is 61.5 cm³/mol. The summed E-state index contributed by atoms with van der Waals surface area (Å²) >= 11 is 0. The summed E-state index contributed by atoms with van der Waals surface area (Å²) in [5.41, 5.74) is 7.87. The van der Waals surface area contributed by atoms with Crippen molar-refractivity contribution in [3.05, 3.63) is 60.1 Å². The van der Waals surface area contributed by atoms with Crippen molar-refractivity contribution in [2.75, 3.05) is 0 Å². The van der Waals surface area contributed by atoms with Crippen LogP contribution < -0.4 is 10.9 Å². The maximum absolute atomic E-state index is 5.40. The summed E-state index contributed by atoms with van der Waals surface area (Å²) in [5, 5.41) is 0. The van der Waals surface area contributed by atoms with E-state index in [1.54, 1.807) is 6.26 Å². The molecule has 0 radical (unpaired) electrons. The molecule has 3 heteroatoms. The zero-order valence-electron chi connectivity index (χ0n) is 8.89. The maximum Gasteiger partial charge on any atom is 0.122 e. The van der Waals surface area contributed by atoms with E-state index >= 15 is 0 Å². The number of rotatable bonds is 2. The third-order valence-corrected chi connectivity index (χ3v) is 2.99. The molecule has 1 aromatic carbocycles. The second kappa shape index (κ2) is 4.12. The van der Waals surface area contributed by atoms with Crippen LogP contribution in [0.5, 0.6) is 0 Å². The Kier molecular flexibility index (Phi) is 2.48. The molecule has 0 aliphatic carbocycles. The molecule has 2 unspecified atom stereocenters. The third kappa shape index (κ3) is 1.75. The largest absolute Gasteiger partial charge is 0.468 e. The molecule has 2 N–H and O–H groups in total. The number of hydrogen-bond donors (Lipinski definition) is 2. The number of hydrazine groups is 1. The lowest BCUT2D eigenvalue weighted by molar-refractivity contribution is 0.433. The van der Waals surface area contributed by atoms with Crippen LogP contribution in [-0.2, 0) is 0 Å². The van der Waals surface area contributed by atoms with E-state index in [0.29, 0.717) is 6.04 Å². The van der Waals surface area contributed by atoms with Crippen molar-refractivity contribution in [2.24, 2.45) is 0 Å². The highest BCUT2D eigenvalue weighted by Crippen LogP contribution is 2.30. The van der Waals surface area contributed by atoms with Gasteiger partial charge in [-0.15, -0.1) is 0 Å². The molecule has 0 spiro atoms. The van der Waals surface area contributed by atoms with E-state index < -0.39 is 0 Å². The lowest BCUT2D eigenvalue weighted by atomic mass is 10.0. The van der Waals surface area contributed by atoms with Crippen molar-refractivity contribution < 1.29 is 4.42 Å². The molecular weight excluding hydrogens is 200 g/mol. The molecule has 3 rings (SSSR count). The van der Waals surface area contributed by atoms with Gasteiger partial charge in [-0.05, 0) is 24.1 Å². The van der Waals surface area contributed by atoms with E-state index in [9.17, 15) is 0 Å². The molecule has 3 nitrogen and oxygen atoms in total. The summed E-state index contributed by atoms with van der Waals surface area (Å²) in [6.45, 7) is 0. The van der Waals surface area contributed by atoms with Crippen molar-refractivity contribution in [1.82, 2.24) is 10.9 Å². The van der Waals surface area contributed by atoms with Crippen LogP contribution in [0.25, 0.3) is 0 Å². The van der Waals surface area contributed by atoms with Gasteiger partial charge in [-0.25, -0.2) is 10.9 Å². The van der Waals surface area contributed by atoms with Gasteiger partial charge in [0.1, 0.15) is 5.76 Å². The summed E-state index contributed by atoms with van der Waals surface area (Å²) in [7, 11) is 0. The van der Waals surface area contributed by atoms with Crippen molar-refractivity contribution in [1.29, 1.82) is 0 Å². The maximum atomic E-state index is 5.40. The van der Waals surface area contributed by atoms with Crippen molar-refractivity contribution in [3.63, 3.8) is 0 Å². The molecule has 82 valence electrons. The minimum Gasteiger partial charge on any atom is -0.468 e. The van der Waals surface area contributed by atoms with Crippen LogP contribution >= 0.6 is 0 Å². The zero-order valence-corrected chi connectivity index (χ0v) is 8.89. The summed E-state index contributed by atoms with van der Waals surface area (Å²) in [5.74, 6) is 0.992. The fourth-order valence-corrected chi connectivity index (χ4v) is 2.14. The van der Waals surface area contributed by atoms with Gasteiger partial charge in [0.25, 0.3) is 0 Å². The second-order valence-electron chi connectivity index (χ2n) is 4.06. The van der Waals surface area contributed by atoms with Gasteiger partial charge in [0, 0.05) is 6.04 Å². The summed E-state index contributed by atoms with van der Waals surface area (Å²) in [6, 6.07) is 15.0. The molecular formula is C13H14N2O. The summed E-state index contributed by atoms with van der Waals surface area (Å²) in [4.78, 5) is 0. The van der Waals surface area contributed by atoms with Crippen LogP contribution in [0.3, 0.4) is 0 Å². The third-order valence-electron chi connectivity index (χ3n) is 2.99. The summed E-state index contributed by atoms with van der Waals surface area (Å²) in [6.07, 6.45) is 2.73. The van der Waals surface area contributed by atoms with E-state index in [2.05, 4.69) is 35.1 Å². The van der Waals surface area contributed by atoms with Crippen LogP contribution in [0.4, 0.5) is 0 Å². The monoisotopic (exact) mass is 214 g/mol. The molecule has 1 saturated heterocycles. The number of nitrogens with one attached hydrogen (secondary N) is 2.